The van der Waals surface area contributed by atoms with Gasteiger partial charge in [0.2, 0.25) is 0 Å². The Morgan fingerprint density at radius 3 is 1.88 bits per heavy atom. The number of rotatable bonds is 6. The molecule has 0 aromatic heterocycles. The molecule has 0 aliphatic heterocycles. The van der Waals surface area contributed by atoms with E-state index in [4.69, 9.17) is 4.74 Å². The molecule has 140 valence electrons. The normalized spacial score (nSPS) is 16.1. The van der Waals surface area contributed by atoms with Gasteiger partial charge in [0.25, 0.3) is 0 Å². The summed E-state index contributed by atoms with van der Waals surface area (Å²) in [5, 5.41) is 0. The van der Waals surface area contributed by atoms with Crippen molar-refractivity contribution in [2.75, 3.05) is 6.61 Å². The molecule has 0 saturated heterocycles. The molecule has 2 aromatic rings. The molecule has 0 spiro atoms. The molecule has 0 N–H and O–H groups in total. The van der Waals surface area contributed by atoms with E-state index in [1.165, 1.54) is 24.3 Å². The molecule has 9 heteroatoms. The van der Waals surface area contributed by atoms with E-state index in [1.807, 2.05) is 0 Å². The zero-order valence-electron chi connectivity index (χ0n) is 13.4. The molecule has 1 unspecified atom stereocenters. The summed E-state index contributed by atoms with van der Waals surface area (Å²) < 4.78 is 77.4. The van der Waals surface area contributed by atoms with Gasteiger partial charge in [-0.15, -0.1) is 0 Å². The van der Waals surface area contributed by atoms with Gasteiger partial charge in [-0.05, 0) is 0 Å². The van der Waals surface area contributed by atoms with Crippen molar-refractivity contribution in [1.29, 1.82) is 0 Å². The Balaban J connectivity index is 2.70. The van der Waals surface area contributed by atoms with E-state index >= 15 is 2.86 Å². The molecule has 0 heterocycles. The Morgan fingerprint density at radius 2 is 1.48 bits per heavy atom. The van der Waals surface area contributed by atoms with Crippen LogP contribution in [0, 0.1) is 14.1 Å². The van der Waals surface area contributed by atoms with Crippen molar-refractivity contribution in [2.24, 2.45) is 0 Å². The van der Waals surface area contributed by atoms with Crippen molar-refractivity contribution in [3.8, 4) is 5.75 Å². The number of alkyl halides is 3. The molecular formula is C16H16F3IO4S-2. The van der Waals surface area contributed by atoms with Gasteiger partial charge in [-0.1, -0.05) is 0 Å². The Morgan fingerprint density at radius 1 is 1.04 bits per heavy atom. The minimum atomic E-state index is -6.28. The van der Waals surface area contributed by atoms with E-state index in [2.05, 4.69) is 0 Å². The number of hydrogen-bond acceptors (Lipinski definition) is 4. The maximum absolute atomic E-state index is 15.8. The molecule has 2 aromatic carbocycles. The van der Waals surface area contributed by atoms with Crippen LogP contribution in [0.25, 0.3) is 0 Å². The summed E-state index contributed by atoms with van der Waals surface area (Å²) in [6, 6.07) is 9.69. The van der Waals surface area contributed by atoms with E-state index in [0.717, 1.165) is 24.3 Å². The van der Waals surface area contributed by atoms with Gasteiger partial charge in [-0.25, -0.2) is 0 Å². The molecule has 1 atom stereocenters. The van der Waals surface area contributed by atoms with Crippen molar-refractivity contribution < 1.29 is 48.4 Å². The summed E-state index contributed by atoms with van der Waals surface area (Å²) in [6.07, 6.45) is 0. The summed E-state index contributed by atoms with van der Waals surface area (Å²) in [5.41, 5.74) is 0.687. The van der Waals surface area contributed by atoms with Crippen LogP contribution in [-0.4, -0.2) is 22.8 Å². The van der Waals surface area contributed by atoms with Crippen LogP contribution < -0.4 is 23.7 Å². The first-order valence-corrected chi connectivity index (χ1v) is 12.6. The number of hydrogen-bond donors (Lipinski definition) is 0. The van der Waals surface area contributed by atoms with E-state index in [1.54, 1.807) is 13.8 Å². The molecule has 0 amide bonds. The number of benzene rings is 2. The quantitative estimate of drug-likeness (QED) is 0.339. The van der Waals surface area contributed by atoms with E-state index in [9.17, 15) is 21.8 Å². The van der Waals surface area contributed by atoms with Gasteiger partial charge < -0.3 is 0 Å². The fraction of sp³-hybridized carbons (Fsp3) is 0.250. The second kappa shape index (κ2) is 7.12. The number of halogens is 4. The fourth-order valence-corrected chi connectivity index (χ4v) is 10.6. The van der Waals surface area contributed by atoms with Gasteiger partial charge in [0.15, 0.2) is 0 Å². The van der Waals surface area contributed by atoms with E-state index in [0.29, 0.717) is 17.9 Å². The average molecular weight is 488 g/mol. The molecule has 0 radical (unpaired) electrons. The standard InChI is InChI=1S/C16H17F3IO4S/c1-3-24-15-10-8-14(9-11-15)20(19,16(17,18)25(21,22)23)13-6-4-12(2)5-7-13/h4-11H,3H2,1-2H3,(H,21,22,23)/q-1/p-1. The third-order valence-corrected chi connectivity index (χ3v) is 13.5. The van der Waals surface area contributed by atoms with E-state index < -0.39 is 39.5 Å². The first kappa shape index (κ1) is 20.0. The number of aryl methyl sites for hydroxylation is 1. The summed E-state index contributed by atoms with van der Waals surface area (Å²) in [7, 11) is -6.20. The van der Waals surface area contributed by atoms with Crippen molar-refractivity contribution in [1.82, 2.24) is 0 Å². The van der Waals surface area contributed by atoms with Gasteiger partial charge in [-0.3, -0.25) is 0 Å². The maximum atomic E-state index is 15.8. The van der Waals surface area contributed by atoms with Crippen LogP contribution in [0.2, 0.25) is 0 Å². The summed E-state index contributed by atoms with van der Waals surface area (Å²) in [5.74, 6) is 0.326. The molecule has 0 aliphatic carbocycles. The van der Waals surface area contributed by atoms with Gasteiger partial charge in [0.1, 0.15) is 0 Å². The van der Waals surface area contributed by atoms with Crippen LogP contribution in [0.15, 0.2) is 48.5 Å². The van der Waals surface area contributed by atoms with Gasteiger partial charge in [0, 0.05) is 0 Å². The predicted octanol–water partition coefficient (Wildman–Crippen LogP) is 0.574. The zero-order chi connectivity index (χ0) is 18.9. The van der Waals surface area contributed by atoms with Gasteiger partial charge in [0.05, 0.1) is 0 Å². The van der Waals surface area contributed by atoms with Crippen LogP contribution in [0.1, 0.15) is 12.5 Å². The molecule has 0 aliphatic rings. The molecule has 0 fully saturated rings. The van der Waals surface area contributed by atoms with Crippen LogP contribution >= 0.6 is 0 Å². The third-order valence-electron chi connectivity index (χ3n) is 3.32. The molecule has 2 rings (SSSR count). The van der Waals surface area contributed by atoms with Crippen LogP contribution in [-0.2, 0) is 10.1 Å². The Kier molecular flexibility index (Phi) is 5.69. The van der Waals surface area contributed by atoms with Crippen molar-refractivity contribution >= 4 is 10.1 Å². The monoisotopic (exact) mass is 488 g/mol. The second-order valence-electron chi connectivity index (χ2n) is 5.08. The van der Waals surface area contributed by atoms with Crippen LogP contribution in [0.5, 0.6) is 5.75 Å². The van der Waals surface area contributed by atoms with E-state index in [-0.39, 0.29) is 0 Å². The van der Waals surface area contributed by atoms with Crippen LogP contribution in [0.3, 0.4) is 0 Å². The topological polar surface area (TPSA) is 66.4 Å². The van der Waals surface area contributed by atoms with Gasteiger partial charge in [-0.2, -0.15) is 0 Å². The third kappa shape index (κ3) is 3.63. The minimum absolute atomic E-state index is 0.323. The Bertz CT molecular complexity index is 839. The molecule has 4 nitrogen and oxygen atoms in total. The second-order valence-corrected chi connectivity index (χ2v) is 13.9. The predicted molar refractivity (Wildman–Crippen MR) is 81.9 cm³/mol. The molecule has 0 saturated carbocycles. The average Bonchev–Trinajstić information content (AvgIpc) is 2.54. The number of ether oxygens (including phenoxy) is 1. The fourth-order valence-electron chi connectivity index (χ4n) is 2.09. The zero-order valence-corrected chi connectivity index (χ0v) is 16.4. The first-order chi connectivity index (χ1) is 11.5. The molecule has 0 bridgehead atoms. The Labute approximate surface area is 149 Å². The van der Waals surface area contributed by atoms with Crippen LogP contribution in [0.4, 0.5) is 11.6 Å². The summed E-state index contributed by atoms with van der Waals surface area (Å²) in [4.78, 5) is 0. The first-order valence-electron chi connectivity index (χ1n) is 7.13. The SMILES string of the molecule is CCOc1ccc([I-](F)(c2ccc(C)cc2)C(F)(F)S(=O)(=O)[O-])cc1. The van der Waals surface area contributed by atoms with Gasteiger partial charge >= 0.3 is 149 Å². The van der Waals surface area contributed by atoms with Crippen molar-refractivity contribution in [3.05, 3.63) is 61.2 Å². The van der Waals surface area contributed by atoms with Crippen molar-refractivity contribution in [2.45, 2.75) is 17.1 Å². The molecule has 25 heavy (non-hydrogen) atoms. The summed E-state index contributed by atoms with van der Waals surface area (Å²) >= 11 is -6.28. The molecular weight excluding hydrogens is 472 g/mol. The van der Waals surface area contributed by atoms with Crippen molar-refractivity contribution in [3.63, 3.8) is 0 Å². The summed E-state index contributed by atoms with van der Waals surface area (Å²) in [6.45, 7) is 3.72. The Hall–Kier alpha value is -1.33.